The zero-order valence-corrected chi connectivity index (χ0v) is 20.6. The minimum atomic E-state index is -0.238. The number of carbonyl (C=O) groups excluding carboxylic acids is 1. The number of hydrogen-bond donors (Lipinski definition) is 2. The minimum Gasteiger partial charge on any atom is -0.492 e. The molecule has 0 fully saturated rings. The molecule has 0 radical (unpaired) electrons. The molecule has 0 aliphatic rings. The lowest BCUT2D eigenvalue weighted by Gasteiger charge is -2.14. The molecule has 0 unspecified atom stereocenters. The van der Waals surface area contributed by atoms with Gasteiger partial charge in [-0.05, 0) is 63.5 Å². The molecular formula is C28H29N5O3. The summed E-state index contributed by atoms with van der Waals surface area (Å²) in [7, 11) is 3.88. The van der Waals surface area contributed by atoms with Gasteiger partial charge in [0.2, 0.25) is 5.91 Å². The summed E-state index contributed by atoms with van der Waals surface area (Å²) in [6.07, 6.45) is 4.81. The van der Waals surface area contributed by atoms with Crippen LogP contribution in [0.15, 0.2) is 85.2 Å². The number of likely N-dealkylation sites (N-methyl/N-ethyl adjacent to an activating group) is 1. The van der Waals surface area contributed by atoms with Crippen molar-refractivity contribution in [2.75, 3.05) is 37.9 Å². The van der Waals surface area contributed by atoms with Gasteiger partial charge in [0, 0.05) is 29.8 Å². The van der Waals surface area contributed by atoms with Gasteiger partial charge in [-0.1, -0.05) is 24.3 Å². The molecule has 1 amide bonds. The number of fused-ring (bicyclic) bond motifs is 1. The smallest absolute Gasteiger partial charge is 0.248 e. The average Bonchev–Trinajstić information content (AvgIpc) is 2.86. The van der Waals surface area contributed by atoms with Gasteiger partial charge in [0.05, 0.1) is 17.8 Å². The lowest BCUT2D eigenvalue weighted by molar-refractivity contribution is -0.111. The number of nitrogens with zero attached hydrogens (tertiary/aromatic N) is 3. The van der Waals surface area contributed by atoms with Crippen molar-refractivity contribution in [2.24, 2.45) is 0 Å². The van der Waals surface area contributed by atoms with Crippen molar-refractivity contribution < 1.29 is 14.3 Å². The van der Waals surface area contributed by atoms with Gasteiger partial charge >= 0.3 is 0 Å². The Morgan fingerprint density at radius 3 is 2.47 bits per heavy atom. The Kier molecular flexibility index (Phi) is 8.10. The highest BCUT2D eigenvalue weighted by molar-refractivity contribution is 6.03. The Bertz CT molecular complexity index is 1340. The number of hydrogen-bond acceptors (Lipinski definition) is 7. The molecular weight excluding hydrogens is 454 g/mol. The molecule has 8 heteroatoms. The molecule has 8 nitrogen and oxygen atoms in total. The third kappa shape index (κ3) is 6.58. The van der Waals surface area contributed by atoms with Crippen LogP contribution in [-0.4, -0.2) is 48.0 Å². The number of rotatable bonds is 10. The van der Waals surface area contributed by atoms with E-state index in [2.05, 4.69) is 20.6 Å². The SMILES string of the molecule is CCOc1cc2ncnc(Nc3ccc(Oc4ccccc4)cc3)c2cc1NC(=O)C=CCN(C)C. The highest BCUT2D eigenvalue weighted by atomic mass is 16.5. The molecule has 0 atom stereocenters. The molecule has 4 rings (SSSR count). The second-order valence-corrected chi connectivity index (χ2v) is 8.24. The van der Waals surface area contributed by atoms with E-state index in [-0.39, 0.29) is 5.91 Å². The van der Waals surface area contributed by atoms with Crippen molar-refractivity contribution in [1.29, 1.82) is 0 Å². The Morgan fingerprint density at radius 1 is 1.00 bits per heavy atom. The van der Waals surface area contributed by atoms with Crippen LogP contribution in [0.1, 0.15) is 6.92 Å². The molecule has 0 aliphatic carbocycles. The molecule has 4 aromatic rings. The highest BCUT2D eigenvalue weighted by Crippen LogP contribution is 2.34. The van der Waals surface area contributed by atoms with Gasteiger partial charge < -0.3 is 25.0 Å². The second kappa shape index (κ2) is 11.8. The fourth-order valence-electron chi connectivity index (χ4n) is 3.47. The number of para-hydroxylation sites is 1. The molecule has 0 spiro atoms. The maximum atomic E-state index is 12.5. The zero-order valence-electron chi connectivity index (χ0n) is 20.6. The summed E-state index contributed by atoms with van der Waals surface area (Å²) in [5.41, 5.74) is 2.08. The van der Waals surface area contributed by atoms with Gasteiger partial charge in [-0.25, -0.2) is 9.97 Å². The second-order valence-electron chi connectivity index (χ2n) is 8.24. The van der Waals surface area contributed by atoms with E-state index in [1.165, 1.54) is 12.4 Å². The molecule has 0 saturated carbocycles. The largest absolute Gasteiger partial charge is 0.492 e. The van der Waals surface area contributed by atoms with E-state index in [0.29, 0.717) is 35.9 Å². The first-order valence-electron chi connectivity index (χ1n) is 11.7. The molecule has 3 aromatic carbocycles. The molecule has 2 N–H and O–H groups in total. The number of aromatic nitrogens is 2. The number of carbonyl (C=O) groups is 1. The van der Waals surface area contributed by atoms with Crippen LogP contribution in [-0.2, 0) is 4.79 Å². The topological polar surface area (TPSA) is 88.6 Å². The molecule has 0 saturated heterocycles. The van der Waals surface area contributed by atoms with Crippen LogP contribution in [0, 0.1) is 0 Å². The lowest BCUT2D eigenvalue weighted by atomic mass is 10.1. The van der Waals surface area contributed by atoms with Crippen LogP contribution in [0.2, 0.25) is 0 Å². The van der Waals surface area contributed by atoms with Gasteiger partial charge in [-0.3, -0.25) is 4.79 Å². The van der Waals surface area contributed by atoms with Crippen LogP contribution in [0.3, 0.4) is 0 Å². The summed E-state index contributed by atoms with van der Waals surface area (Å²) in [5, 5.41) is 7.00. The Morgan fingerprint density at radius 2 is 1.75 bits per heavy atom. The molecule has 1 aromatic heterocycles. The van der Waals surface area contributed by atoms with E-state index in [1.54, 1.807) is 6.08 Å². The quantitative estimate of drug-likeness (QED) is 0.283. The molecule has 1 heterocycles. The fourth-order valence-corrected chi connectivity index (χ4v) is 3.47. The van der Waals surface area contributed by atoms with Gasteiger partial charge in [0.15, 0.2) is 0 Å². The first kappa shape index (κ1) is 24.7. The Balaban J connectivity index is 1.57. The predicted octanol–water partition coefficient (Wildman–Crippen LogP) is 5.62. The van der Waals surface area contributed by atoms with Crippen molar-refractivity contribution in [3.05, 3.63) is 85.2 Å². The third-order valence-corrected chi connectivity index (χ3v) is 5.13. The number of nitrogens with one attached hydrogen (secondary N) is 2. The summed E-state index contributed by atoms with van der Waals surface area (Å²) >= 11 is 0. The van der Waals surface area contributed by atoms with Crippen molar-refractivity contribution in [1.82, 2.24) is 14.9 Å². The van der Waals surface area contributed by atoms with Crippen LogP contribution in [0.5, 0.6) is 17.2 Å². The highest BCUT2D eigenvalue weighted by Gasteiger charge is 2.13. The fraction of sp³-hybridized carbons (Fsp3) is 0.179. The van der Waals surface area contributed by atoms with Crippen LogP contribution in [0.25, 0.3) is 10.9 Å². The molecule has 0 aliphatic heterocycles. The van der Waals surface area contributed by atoms with E-state index < -0.39 is 0 Å². The third-order valence-electron chi connectivity index (χ3n) is 5.13. The van der Waals surface area contributed by atoms with Crippen molar-refractivity contribution in [3.63, 3.8) is 0 Å². The monoisotopic (exact) mass is 483 g/mol. The Hall–Kier alpha value is -4.43. The molecule has 36 heavy (non-hydrogen) atoms. The number of amides is 1. The van der Waals surface area contributed by atoms with E-state index in [0.717, 1.165) is 22.6 Å². The summed E-state index contributed by atoms with van der Waals surface area (Å²) < 4.78 is 11.6. The summed E-state index contributed by atoms with van der Waals surface area (Å²) in [4.78, 5) is 23.3. The summed E-state index contributed by atoms with van der Waals surface area (Å²) in [6.45, 7) is 3.02. The first-order valence-corrected chi connectivity index (χ1v) is 11.7. The average molecular weight is 484 g/mol. The van der Waals surface area contributed by atoms with Crippen LogP contribution < -0.4 is 20.1 Å². The predicted molar refractivity (Wildman–Crippen MR) is 143 cm³/mol. The van der Waals surface area contributed by atoms with E-state index in [1.807, 2.05) is 92.6 Å². The molecule has 0 bridgehead atoms. The van der Waals surface area contributed by atoms with E-state index >= 15 is 0 Å². The Labute approximate surface area is 210 Å². The van der Waals surface area contributed by atoms with E-state index in [4.69, 9.17) is 9.47 Å². The number of benzene rings is 3. The van der Waals surface area contributed by atoms with Crippen LogP contribution in [0.4, 0.5) is 17.2 Å². The van der Waals surface area contributed by atoms with Crippen molar-refractivity contribution in [3.8, 4) is 17.2 Å². The van der Waals surface area contributed by atoms with Crippen molar-refractivity contribution in [2.45, 2.75) is 6.92 Å². The van der Waals surface area contributed by atoms with E-state index in [9.17, 15) is 4.79 Å². The van der Waals surface area contributed by atoms with Crippen molar-refractivity contribution >= 4 is 34.0 Å². The van der Waals surface area contributed by atoms with Crippen LogP contribution >= 0.6 is 0 Å². The van der Waals surface area contributed by atoms with Gasteiger partial charge in [0.25, 0.3) is 0 Å². The number of anilines is 3. The summed E-state index contributed by atoms with van der Waals surface area (Å²) in [6, 6.07) is 20.9. The minimum absolute atomic E-state index is 0.238. The van der Waals surface area contributed by atoms with Gasteiger partial charge in [0.1, 0.15) is 29.4 Å². The normalized spacial score (nSPS) is 11.1. The maximum absolute atomic E-state index is 12.5. The van der Waals surface area contributed by atoms with Gasteiger partial charge in [-0.2, -0.15) is 0 Å². The first-order chi connectivity index (χ1) is 17.5. The standard InChI is InChI=1S/C28H29N5O3/c1-4-35-26-18-24-23(17-25(26)32-27(34)11-8-16-33(2)3)28(30-19-29-24)31-20-12-14-22(15-13-20)36-21-9-6-5-7-10-21/h5-15,17-19H,4,16H2,1-3H3,(H,32,34)(H,29,30,31). The molecule has 184 valence electrons. The number of ether oxygens (including phenoxy) is 2. The lowest BCUT2D eigenvalue weighted by Crippen LogP contribution is -2.13. The maximum Gasteiger partial charge on any atom is 0.248 e. The summed E-state index contributed by atoms with van der Waals surface area (Å²) in [5.74, 6) is 2.42. The zero-order chi connectivity index (χ0) is 25.3. The van der Waals surface area contributed by atoms with Gasteiger partial charge in [-0.15, -0.1) is 0 Å².